The van der Waals surface area contributed by atoms with E-state index in [0.29, 0.717) is 5.56 Å². The SMILES string of the molecule is CC(=O)OC[C@@H]1O[C@H](O[C@H]2[C@H](Oc3ccc([N+](=O)[O-])cc3)O[C@@H]3COC(c4ccccc4)O[C@H]3[C@@H]2O[C@@H]2O[C@H](COC(C)=O)[C@@H](OC(C)=O)[C@H](OC(C)=O)[C@H]2OC(C)=O)[C@@H](OC(C)=O)[C@H](OC(C)=O)[C@H]1OC(C)=O. The van der Waals surface area contributed by atoms with E-state index in [1.165, 1.54) is 12.1 Å². The molecule has 74 heavy (non-hydrogen) atoms. The number of nitro groups is 1. The van der Waals surface area contributed by atoms with Gasteiger partial charge in [-0.3, -0.25) is 48.5 Å². The normalized spacial score (nSPS) is 31.4. The van der Waals surface area contributed by atoms with Gasteiger partial charge in [-0.1, -0.05) is 30.3 Å². The van der Waals surface area contributed by atoms with Crippen molar-refractivity contribution in [2.75, 3.05) is 19.8 Å². The van der Waals surface area contributed by atoms with Crippen molar-refractivity contribution in [2.45, 2.75) is 154 Å². The maximum Gasteiger partial charge on any atom is 0.303 e. The summed E-state index contributed by atoms with van der Waals surface area (Å²) in [6.45, 7) is 6.65. The van der Waals surface area contributed by atoms with E-state index in [4.69, 9.17) is 75.8 Å². The summed E-state index contributed by atoms with van der Waals surface area (Å²) in [4.78, 5) is 112. The lowest BCUT2D eigenvalue weighted by Crippen LogP contribution is -2.70. The quantitative estimate of drug-likeness (QED) is 0.0888. The molecule has 16 atom stereocenters. The number of ether oxygens (including phenoxy) is 16. The van der Waals surface area contributed by atoms with Gasteiger partial charge in [-0.05, 0) is 12.1 Å². The molecule has 1 unspecified atom stereocenters. The van der Waals surface area contributed by atoms with Crippen LogP contribution in [-0.4, -0.2) is 165 Å². The largest absolute Gasteiger partial charge is 0.463 e. The number of hydrogen-bond donors (Lipinski definition) is 0. The van der Waals surface area contributed by atoms with Crippen molar-refractivity contribution in [3.63, 3.8) is 0 Å². The average Bonchev–Trinajstić information content (AvgIpc) is 3.31. The molecule has 0 amide bonds. The van der Waals surface area contributed by atoms with Crippen molar-refractivity contribution in [3.05, 3.63) is 70.3 Å². The molecule has 4 saturated heterocycles. The summed E-state index contributed by atoms with van der Waals surface area (Å²) in [6, 6.07) is 13.3. The number of nitrogens with zero attached hydrogens (tertiary/aromatic N) is 1. The van der Waals surface area contributed by atoms with Crippen LogP contribution in [0.2, 0.25) is 0 Å². The van der Waals surface area contributed by atoms with Gasteiger partial charge in [0.05, 0.1) is 11.5 Å². The zero-order chi connectivity index (χ0) is 54.0. The van der Waals surface area contributed by atoms with E-state index >= 15 is 0 Å². The fourth-order valence-electron chi connectivity index (χ4n) is 8.41. The van der Waals surface area contributed by atoms with Crippen LogP contribution in [0.25, 0.3) is 0 Å². The lowest BCUT2D eigenvalue weighted by molar-refractivity contribution is -0.407. The molecule has 0 radical (unpaired) electrons. The summed E-state index contributed by atoms with van der Waals surface area (Å²) in [5.74, 6) is -7.42. The molecule has 27 heteroatoms. The van der Waals surface area contributed by atoms with Gasteiger partial charge in [-0.15, -0.1) is 0 Å². The molecule has 0 spiro atoms. The first-order chi connectivity index (χ1) is 35.1. The maximum atomic E-state index is 13.0. The maximum absolute atomic E-state index is 13.0. The van der Waals surface area contributed by atoms with E-state index in [0.717, 1.165) is 67.5 Å². The Morgan fingerprint density at radius 2 is 0.932 bits per heavy atom. The second kappa shape index (κ2) is 25.4. The topological polar surface area (TPSA) is 327 Å². The standard InChI is InChI=1S/C47H55NO26/c1-21(49)59-18-32-35(62-23(3)51)38(64-25(5)53)41(66-27(7)55)46(70-32)73-40-37-34(20-61-44(72-37)29-12-10-9-11-13-29)69-45(68-31-16-14-30(15-17-31)48(57)58)43(40)74-47-42(67-28(8)56)39(65-26(6)54)36(63-24(4)52)33(71-47)19-60-22(2)50/h9-17,32-47H,18-20H2,1-8H3/t32-,33+,34-,35-,36+,37-,38+,39-,40+,41-,42+,43-,44?,45-,46+,47-/m1/s1. The van der Waals surface area contributed by atoms with Crippen molar-refractivity contribution in [2.24, 2.45) is 0 Å². The summed E-state index contributed by atoms with van der Waals surface area (Å²) >= 11 is 0. The van der Waals surface area contributed by atoms with Crippen molar-refractivity contribution < 1.29 is 119 Å². The molecule has 2 aromatic rings. The Morgan fingerprint density at radius 3 is 1.36 bits per heavy atom. The number of fused-ring (bicyclic) bond motifs is 1. The van der Waals surface area contributed by atoms with Gasteiger partial charge in [0.2, 0.25) is 6.29 Å². The van der Waals surface area contributed by atoms with Crippen molar-refractivity contribution in [3.8, 4) is 5.75 Å². The van der Waals surface area contributed by atoms with Gasteiger partial charge < -0.3 is 75.8 Å². The van der Waals surface area contributed by atoms with Gasteiger partial charge in [-0.25, -0.2) is 0 Å². The van der Waals surface area contributed by atoms with Crippen LogP contribution in [0.4, 0.5) is 5.69 Å². The van der Waals surface area contributed by atoms with Gasteiger partial charge in [0, 0.05) is 73.1 Å². The van der Waals surface area contributed by atoms with E-state index in [1.54, 1.807) is 30.3 Å². The second-order valence-electron chi connectivity index (χ2n) is 16.9. The van der Waals surface area contributed by atoms with Gasteiger partial charge in [-0.2, -0.15) is 0 Å². The molecule has 0 bridgehead atoms. The number of non-ortho nitro benzene ring substituents is 1. The number of esters is 8. The van der Waals surface area contributed by atoms with Crippen LogP contribution < -0.4 is 4.74 Å². The molecule has 4 fully saturated rings. The van der Waals surface area contributed by atoms with Crippen LogP contribution in [0.1, 0.15) is 67.2 Å². The molecule has 4 aliphatic heterocycles. The van der Waals surface area contributed by atoms with Gasteiger partial charge in [0.1, 0.15) is 49.5 Å². The van der Waals surface area contributed by atoms with Gasteiger partial charge in [0.15, 0.2) is 61.6 Å². The lowest BCUT2D eigenvalue weighted by atomic mass is 9.94. The predicted molar refractivity (Wildman–Crippen MR) is 236 cm³/mol. The fraction of sp³-hybridized carbons (Fsp3) is 0.574. The lowest BCUT2D eigenvalue weighted by Gasteiger charge is -2.52. The highest BCUT2D eigenvalue weighted by molar-refractivity contribution is 5.70. The molecule has 4 aliphatic rings. The number of carbonyl (C=O) groups excluding carboxylic acids is 8. The summed E-state index contributed by atoms with van der Waals surface area (Å²) in [7, 11) is 0. The Labute approximate surface area is 421 Å². The molecule has 0 N–H and O–H groups in total. The van der Waals surface area contributed by atoms with Crippen molar-refractivity contribution in [1.29, 1.82) is 0 Å². The molecule has 27 nitrogen and oxygen atoms in total. The molecule has 6 rings (SSSR count). The molecular formula is C47H55NO26. The average molecular weight is 1050 g/mol. The minimum atomic E-state index is -1.98. The molecule has 0 saturated carbocycles. The first kappa shape index (κ1) is 56.4. The molecule has 2 aromatic carbocycles. The van der Waals surface area contributed by atoms with E-state index in [9.17, 15) is 48.5 Å². The van der Waals surface area contributed by atoms with E-state index in [2.05, 4.69) is 0 Å². The van der Waals surface area contributed by atoms with Gasteiger partial charge >= 0.3 is 47.8 Å². The van der Waals surface area contributed by atoms with Crippen LogP contribution >= 0.6 is 0 Å². The van der Waals surface area contributed by atoms with E-state index < -0.39 is 164 Å². The summed E-state index contributed by atoms with van der Waals surface area (Å²) in [5.41, 5.74) is 0.177. The first-order valence-corrected chi connectivity index (χ1v) is 22.9. The summed E-state index contributed by atoms with van der Waals surface area (Å²) in [5, 5.41) is 11.7. The monoisotopic (exact) mass is 1050 g/mol. The van der Waals surface area contributed by atoms with Crippen LogP contribution in [0.5, 0.6) is 5.75 Å². The zero-order valence-electron chi connectivity index (χ0n) is 41.1. The van der Waals surface area contributed by atoms with Crippen molar-refractivity contribution >= 4 is 53.4 Å². The Balaban J connectivity index is 1.56. The van der Waals surface area contributed by atoms with E-state index in [1.807, 2.05) is 0 Å². The highest BCUT2D eigenvalue weighted by Gasteiger charge is 2.61. The highest BCUT2D eigenvalue weighted by atomic mass is 16.8. The van der Waals surface area contributed by atoms with Crippen LogP contribution in [0.3, 0.4) is 0 Å². The third kappa shape index (κ3) is 14.9. The predicted octanol–water partition coefficient (Wildman–Crippen LogP) is 1.75. The molecule has 4 heterocycles. The van der Waals surface area contributed by atoms with E-state index in [-0.39, 0.29) is 18.0 Å². The fourth-order valence-corrected chi connectivity index (χ4v) is 8.41. The Bertz CT molecular complexity index is 2350. The van der Waals surface area contributed by atoms with Gasteiger partial charge in [0.25, 0.3) is 5.69 Å². The first-order valence-electron chi connectivity index (χ1n) is 22.9. The highest BCUT2D eigenvalue weighted by Crippen LogP contribution is 2.42. The Hall–Kier alpha value is -6.88. The second-order valence-corrected chi connectivity index (χ2v) is 16.9. The molecular weight excluding hydrogens is 994 g/mol. The summed E-state index contributed by atoms with van der Waals surface area (Å²) in [6.07, 6.45) is -26.5. The van der Waals surface area contributed by atoms with Crippen molar-refractivity contribution in [1.82, 2.24) is 0 Å². The van der Waals surface area contributed by atoms with Crippen LogP contribution in [-0.2, 0) is 109 Å². The minimum Gasteiger partial charge on any atom is -0.463 e. The minimum absolute atomic E-state index is 0.0694. The molecule has 404 valence electrons. The van der Waals surface area contributed by atoms with Crippen LogP contribution in [0.15, 0.2) is 54.6 Å². The number of hydrogen-bond acceptors (Lipinski definition) is 26. The third-order valence-electron chi connectivity index (χ3n) is 11.1. The number of nitro benzene ring substituents is 1. The number of benzene rings is 2. The third-order valence-corrected chi connectivity index (χ3v) is 11.1. The molecule has 0 aromatic heterocycles. The Morgan fingerprint density at radius 1 is 0.500 bits per heavy atom. The Kier molecular flexibility index (Phi) is 19.3. The number of rotatable bonds is 18. The van der Waals surface area contributed by atoms with Crippen LogP contribution in [0, 0.1) is 10.1 Å². The molecule has 0 aliphatic carbocycles. The number of carbonyl (C=O) groups is 8. The smallest absolute Gasteiger partial charge is 0.303 e. The summed E-state index contributed by atoms with van der Waals surface area (Å²) < 4.78 is 96.3. The zero-order valence-corrected chi connectivity index (χ0v) is 41.1.